The minimum atomic E-state index is 0.353. The molecule has 0 unspecified atom stereocenters. The van der Waals surface area contributed by atoms with Gasteiger partial charge in [-0.3, -0.25) is 0 Å². The summed E-state index contributed by atoms with van der Waals surface area (Å²) < 4.78 is 11.7. The second-order valence-electron chi connectivity index (χ2n) is 4.27. The van der Waals surface area contributed by atoms with Crippen molar-refractivity contribution in [3.8, 4) is 5.88 Å². The van der Waals surface area contributed by atoms with E-state index in [1.807, 2.05) is 0 Å². The number of methoxy groups -OCH3 is 1. The Bertz CT molecular complexity index is 412. The second kappa shape index (κ2) is 7.40. The van der Waals surface area contributed by atoms with E-state index >= 15 is 0 Å². The average Bonchev–Trinajstić information content (AvgIpc) is 2.46. The zero-order valence-electron chi connectivity index (χ0n) is 10.8. The predicted octanol–water partition coefficient (Wildman–Crippen LogP) is 2.63. The lowest BCUT2D eigenvalue weighted by molar-refractivity contribution is 0.0479. The lowest BCUT2D eigenvalue weighted by Gasteiger charge is -2.31. The minimum Gasteiger partial charge on any atom is -0.480 e. The van der Waals surface area contributed by atoms with Crippen LogP contribution in [0, 0.1) is 0 Å². The monoisotopic (exact) mass is 393 g/mol. The van der Waals surface area contributed by atoms with Gasteiger partial charge in [0.1, 0.15) is 0 Å². The molecule has 0 aliphatic carbocycles. The number of hydrogen-bond donors (Lipinski definition) is 0. The second-order valence-corrected chi connectivity index (χ2v) is 5.92. The normalized spacial score (nSPS) is 16.7. The molecule has 1 aliphatic heterocycles. The van der Waals surface area contributed by atoms with E-state index in [0.29, 0.717) is 12.0 Å². The van der Waals surface area contributed by atoms with Crippen LogP contribution in [0.2, 0.25) is 0 Å². The summed E-state index contributed by atoms with van der Waals surface area (Å²) in [5, 5.41) is 0.889. The standard InChI is InChI=1S/C12H17Br2N3O2/c1-18-11-10(14)8-15-12(16-11)17-5-2-9(3-6-17)19-7-4-13/h8-9H,2-7H2,1H3. The van der Waals surface area contributed by atoms with Crippen LogP contribution in [0.25, 0.3) is 0 Å². The fraction of sp³-hybridized carbons (Fsp3) is 0.667. The Morgan fingerprint density at radius 1 is 1.42 bits per heavy atom. The van der Waals surface area contributed by atoms with Gasteiger partial charge in [-0.1, -0.05) is 15.9 Å². The van der Waals surface area contributed by atoms with Gasteiger partial charge in [-0.2, -0.15) is 4.98 Å². The lowest BCUT2D eigenvalue weighted by Crippen LogP contribution is -2.38. The smallest absolute Gasteiger partial charge is 0.232 e. The summed E-state index contributed by atoms with van der Waals surface area (Å²) in [7, 11) is 1.61. The highest BCUT2D eigenvalue weighted by Crippen LogP contribution is 2.25. The number of hydrogen-bond acceptors (Lipinski definition) is 5. The molecule has 0 atom stereocenters. The Labute approximate surface area is 130 Å². The van der Waals surface area contributed by atoms with Crippen LogP contribution in [0.1, 0.15) is 12.8 Å². The van der Waals surface area contributed by atoms with Gasteiger partial charge in [0.25, 0.3) is 0 Å². The van der Waals surface area contributed by atoms with E-state index in [2.05, 4.69) is 46.7 Å². The van der Waals surface area contributed by atoms with Gasteiger partial charge < -0.3 is 14.4 Å². The van der Waals surface area contributed by atoms with Gasteiger partial charge in [-0.05, 0) is 28.8 Å². The summed E-state index contributed by atoms with van der Waals surface area (Å²) in [4.78, 5) is 10.9. The van der Waals surface area contributed by atoms with E-state index < -0.39 is 0 Å². The molecule has 0 aromatic carbocycles. The maximum absolute atomic E-state index is 5.73. The van der Waals surface area contributed by atoms with Crippen LogP contribution in [0.4, 0.5) is 5.95 Å². The average molecular weight is 395 g/mol. The van der Waals surface area contributed by atoms with Crippen LogP contribution >= 0.6 is 31.9 Å². The molecular weight excluding hydrogens is 378 g/mol. The molecule has 0 N–H and O–H groups in total. The highest BCUT2D eigenvalue weighted by molar-refractivity contribution is 9.10. The van der Waals surface area contributed by atoms with Gasteiger partial charge in [0.2, 0.25) is 11.8 Å². The Morgan fingerprint density at radius 3 is 2.79 bits per heavy atom. The Hall–Kier alpha value is -0.400. The molecule has 2 rings (SSSR count). The van der Waals surface area contributed by atoms with Gasteiger partial charge in [0.15, 0.2) is 0 Å². The van der Waals surface area contributed by atoms with E-state index in [-0.39, 0.29) is 0 Å². The number of anilines is 1. The maximum Gasteiger partial charge on any atom is 0.232 e. The van der Waals surface area contributed by atoms with Gasteiger partial charge in [-0.25, -0.2) is 4.98 Å². The van der Waals surface area contributed by atoms with E-state index in [0.717, 1.165) is 48.3 Å². The number of ether oxygens (including phenoxy) is 2. The van der Waals surface area contributed by atoms with Gasteiger partial charge in [-0.15, -0.1) is 0 Å². The third kappa shape index (κ3) is 4.03. The van der Waals surface area contributed by atoms with Crippen molar-refractivity contribution in [2.24, 2.45) is 0 Å². The highest BCUT2D eigenvalue weighted by atomic mass is 79.9. The fourth-order valence-corrected chi connectivity index (χ4v) is 2.61. The molecule has 2 heterocycles. The summed E-state index contributed by atoms with van der Waals surface area (Å²) in [6.07, 6.45) is 4.10. The molecule has 19 heavy (non-hydrogen) atoms. The zero-order valence-corrected chi connectivity index (χ0v) is 14.0. The van der Waals surface area contributed by atoms with Crippen molar-refractivity contribution in [1.82, 2.24) is 9.97 Å². The van der Waals surface area contributed by atoms with E-state index in [1.165, 1.54) is 0 Å². The first-order chi connectivity index (χ1) is 9.24. The fourth-order valence-electron chi connectivity index (χ4n) is 2.07. The first-order valence-corrected chi connectivity index (χ1v) is 8.15. The molecule has 1 aliphatic rings. The number of nitrogens with zero attached hydrogens (tertiary/aromatic N) is 3. The summed E-state index contributed by atoms with van der Waals surface area (Å²) in [5.74, 6) is 1.29. The number of aromatic nitrogens is 2. The molecule has 5 nitrogen and oxygen atoms in total. The van der Waals surface area contributed by atoms with Crippen molar-refractivity contribution >= 4 is 37.8 Å². The number of rotatable bonds is 5. The largest absolute Gasteiger partial charge is 0.480 e. The van der Waals surface area contributed by atoms with Crippen molar-refractivity contribution in [3.05, 3.63) is 10.7 Å². The van der Waals surface area contributed by atoms with E-state index in [4.69, 9.17) is 9.47 Å². The molecule has 0 radical (unpaired) electrons. The first kappa shape index (κ1) is 15.0. The molecule has 1 aromatic heterocycles. The molecule has 0 saturated carbocycles. The summed E-state index contributed by atoms with van der Waals surface area (Å²) in [6.45, 7) is 2.60. The molecular formula is C12H17Br2N3O2. The van der Waals surface area contributed by atoms with Crippen LogP contribution < -0.4 is 9.64 Å². The molecule has 7 heteroatoms. The summed E-state index contributed by atoms with van der Waals surface area (Å²) in [5.41, 5.74) is 0. The molecule has 0 spiro atoms. The SMILES string of the molecule is COc1nc(N2CCC(OCCBr)CC2)ncc1Br. The first-order valence-electron chi connectivity index (χ1n) is 6.23. The van der Waals surface area contributed by atoms with E-state index in [1.54, 1.807) is 13.3 Å². The zero-order chi connectivity index (χ0) is 13.7. The van der Waals surface area contributed by atoms with Crippen LogP contribution in [0.3, 0.4) is 0 Å². The number of alkyl halides is 1. The molecule has 0 bridgehead atoms. The third-order valence-electron chi connectivity index (χ3n) is 3.05. The van der Waals surface area contributed by atoms with E-state index in [9.17, 15) is 0 Å². The van der Waals surface area contributed by atoms with Gasteiger partial charge >= 0.3 is 0 Å². The van der Waals surface area contributed by atoms with Gasteiger partial charge in [0.05, 0.1) is 30.5 Å². The molecule has 106 valence electrons. The number of piperidine rings is 1. The topological polar surface area (TPSA) is 47.5 Å². The maximum atomic E-state index is 5.73. The van der Waals surface area contributed by atoms with Crippen molar-refractivity contribution in [1.29, 1.82) is 0 Å². The molecule has 1 fully saturated rings. The summed E-state index contributed by atoms with van der Waals surface area (Å²) >= 11 is 6.73. The van der Waals surface area contributed by atoms with Gasteiger partial charge in [0, 0.05) is 18.4 Å². The molecule has 1 saturated heterocycles. The Kier molecular flexibility index (Phi) is 5.84. The number of halogens is 2. The van der Waals surface area contributed by atoms with Crippen LogP contribution in [-0.4, -0.2) is 48.2 Å². The molecule has 1 aromatic rings. The Balaban J connectivity index is 1.94. The summed E-state index contributed by atoms with van der Waals surface area (Å²) in [6, 6.07) is 0. The highest BCUT2D eigenvalue weighted by Gasteiger charge is 2.22. The minimum absolute atomic E-state index is 0.353. The van der Waals surface area contributed by atoms with Crippen LogP contribution in [-0.2, 0) is 4.74 Å². The third-order valence-corrected chi connectivity index (χ3v) is 3.92. The van der Waals surface area contributed by atoms with Crippen molar-refractivity contribution in [2.75, 3.05) is 37.0 Å². The van der Waals surface area contributed by atoms with Crippen molar-refractivity contribution in [3.63, 3.8) is 0 Å². The Morgan fingerprint density at radius 2 is 2.16 bits per heavy atom. The quantitative estimate of drug-likeness (QED) is 0.718. The van der Waals surface area contributed by atoms with Crippen molar-refractivity contribution in [2.45, 2.75) is 18.9 Å². The van der Waals surface area contributed by atoms with Crippen molar-refractivity contribution < 1.29 is 9.47 Å². The van der Waals surface area contributed by atoms with Crippen LogP contribution in [0.15, 0.2) is 10.7 Å². The lowest BCUT2D eigenvalue weighted by atomic mass is 10.1. The predicted molar refractivity (Wildman–Crippen MR) is 81.3 cm³/mol. The van der Waals surface area contributed by atoms with Crippen LogP contribution in [0.5, 0.6) is 5.88 Å². The molecule has 0 amide bonds.